The molecule has 0 heterocycles. The number of hydrogen-bond acceptors (Lipinski definition) is 4. The van der Waals surface area contributed by atoms with Gasteiger partial charge in [0.05, 0.1) is 6.54 Å². The van der Waals surface area contributed by atoms with Crippen LogP contribution in [0.4, 0.5) is 4.79 Å². The summed E-state index contributed by atoms with van der Waals surface area (Å²) in [5.74, 6) is -0.127. The normalized spacial score (nSPS) is 17.5. The van der Waals surface area contributed by atoms with Crippen molar-refractivity contribution < 1.29 is 14.4 Å². The van der Waals surface area contributed by atoms with Gasteiger partial charge in [-0.3, -0.25) is 19.8 Å². The number of hydrogen-bond donors (Lipinski definition) is 2. The minimum absolute atomic E-state index is 0.127. The van der Waals surface area contributed by atoms with Crippen LogP contribution in [0.25, 0.3) is 0 Å². The number of ketones is 1. The summed E-state index contributed by atoms with van der Waals surface area (Å²) < 4.78 is 0. The van der Waals surface area contributed by atoms with Crippen LogP contribution in [0.3, 0.4) is 0 Å². The number of amides is 3. The SMILES string of the molecule is CN(CC(=O)NC(N)=O)C1CCC(=O)CC1. The fourth-order valence-corrected chi connectivity index (χ4v) is 1.90. The first-order valence-corrected chi connectivity index (χ1v) is 5.30. The van der Waals surface area contributed by atoms with E-state index in [0.29, 0.717) is 12.8 Å². The molecule has 1 aliphatic carbocycles. The van der Waals surface area contributed by atoms with Gasteiger partial charge in [-0.05, 0) is 19.9 Å². The number of nitrogens with one attached hydrogen (secondary N) is 1. The van der Waals surface area contributed by atoms with Crippen molar-refractivity contribution in [2.45, 2.75) is 31.7 Å². The molecule has 1 rings (SSSR count). The summed E-state index contributed by atoms with van der Waals surface area (Å²) >= 11 is 0. The van der Waals surface area contributed by atoms with Crippen LogP contribution in [-0.4, -0.2) is 42.3 Å². The molecule has 0 aromatic heterocycles. The summed E-state index contributed by atoms with van der Waals surface area (Å²) in [4.78, 5) is 34.6. The first-order chi connectivity index (χ1) is 7.49. The van der Waals surface area contributed by atoms with Crippen LogP contribution in [0.15, 0.2) is 0 Å². The van der Waals surface area contributed by atoms with E-state index in [0.717, 1.165) is 12.8 Å². The molecule has 6 nitrogen and oxygen atoms in total. The van der Waals surface area contributed by atoms with E-state index in [2.05, 4.69) is 0 Å². The fourth-order valence-electron chi connectivity index (χ4n) is 1.90. The molecule has 0 atom stereocenters. The maximum Gasteiger partial charge on any atom is 0.318 e. The third-order valence-electron chi connectivity index (χ3n) is 2.79. The Hall–Kier alpha value is -1.43. The topological polar surface area (TPSA) is 92.5 Å². The van der Waals surface area contributed by atoms with Crippen molar-refractivity contribution in [3.8, 4) is 0 Å². The molecule has 1 fully saturated rings. The van der Waals surface area contributed by atoms with Gasteiger partial charge in [0, 0.05) is 18.9 Å². The van der Waals surface area contributed by atoms with E-state index in [1.165, 1.54) is 0 Å². The van der Waals surface area contributed by atoms with Crippen LogP contribution in [-0.2, 0) is 9.59 Å². The lowest BCUT2D eigenvalue weighted by molar-refractivity contribution is -0.122. The monoisotopic (exact) mass is 227 g/mol. The van der Waals surface area contributed by atoms with Gasteiger partial charge in [-0.1, -0.05) is 0 Å². The number of nitrogens with zero attached hydrogens (tertiary/aromatic N) is 1. The zero-order valence-corrected chi connectivity index (χ0v) is 9.36. The molecule has 1 aliphatic rings. The van der Waals surface area contributed by atoms with E-state index >= 15 is 0 Å². The Morgan fingerprint density at radius 2 is 2.00 bits per heavy atom. The van der Waals surface area contributed by atoms with Crippen LogP contribution in [0, 0.1) is 0 Å². The minimum atomic E-state index is -0.836. The van der Waals surface area contributed by atoms with Gasteiger partial charge >= 0.3 is 6.03 Å². The largest absolute Gasteiger partial charge is 0.351 e. The molecule has 0 saturated heterocycles. The average Bonchev–Trinajstić information content (AvgIpc) is 2.16. The molecule has 3 amide bonds. The Kier molecular flexibility index (Phi) is 4.42. The van der Waals surface area contributed by atoms with Gasteiger partial charge in [0.25, 0.3) is 0 Å². The van der Waals surface area contributed by atoms with Crippen LogP contribution >= 0.6 is 0 Å². The maximum atomic E-state index is 11.3. The van der Waals surface area contributed by atoms with Gasteiger partial charge < -0.3 is 5.73 Å². The van der Waals surface area contributed by atoms with Gasteiger partial charge in [-0.15, -0.1) is 0 Å². The summed E-state index contributed by atoms with van der Waals surface area (Å²) in [6.45, 7) is 0.127. The first-order valence-electron chi connectivity index (χ1n) is 5.30. The summed E-state index contributed by atoms with van der Waals surface area (Å²) in [7, 11) is 1.81. The Morgan fingerprint density at radius 3 is 2.50 bits per heavy atom. The Labute approximate surface area is 94.2 Å². The highest BCUT2D eigenvalue weighted by Gasteiger charge is 2.23. The highest BCUT2D eigenvalue weighted by molar-refractivity contribution is 5.94. The predicted molar refractivity (Wildman–Crippen MR) is 57.6 cm³/mol. The molecule has 3 N–H and O–H groups in total. The lowest BCUT2D eigenvalue weighted by Crippen LogP contribution is -2.45. The summed E-state index contributed by atoms with van der Waals surface area (Å²) in [5.41, 5.74) is 4.83. The summed E-state index contributed by atoms with van der Waals surface area (Å²) in [5, 5.41) is 2.01. The van der Waals surface area contributed by atoms with Crippen molar-refractivity contribution in [1.82, 2.24) is 10.2 Å². The van der Waals surface area contributed by atoms with E-state index in [4.69, 9.17) is 5.73 Å². The smallest absolute Gasteiger partial charge is 0.318 e. The van der Waals surface area contributed by atoms with Gasteiger partial charge in [0.2, 0.25) is 5.91 Å². The predicted octanol–water partition coefficient (Wildman–Crippen LogP) is -0.375. The lowest BCUT2D eigenvalue weighted by Gasteiger charge is -2.29. The molecular formula is C10H17N3O3. The van der Waals surface area contributed by atoms with Crippen molar-refractivity contribution in [2.75, 3.05) is 13.6 Å². The zero-order chi connectivity index (χ0) is 12.1. The van der Waals surface area contributed by atoms with E-state index in [9.17, 15) is 14.4 Å². The Balaban J connectivity index is 2.34. The molecular weight excluding hydrogens is 210 g/mol. The molecule has 0 bridgehead atoms. The number of nitrogens with two attached hydrogens (primary N) is 1. The van der Waals surface area contributed by atoms with Gasteiger partial charge in [-0.25, -0.2) is 4.79 Å². The third kappa shape index (κ3) is 3.98. The molecule has 0 radical (unpaired) electrons. The molecule has 1 saturated carbocycles. The number of likely N-dealkylation sites (N-methyl/N-ethyl adjacent to an activating group) is 1. The number of Topliss-reactive ketones (excluding diaryl/α,β-unsaturated/α-hetero) is 1. The second-order valence-electron chi connectivity index (χ2n) is 4.10. The van der Waals surface area contributed by atoms with Crippen LogP contribution < -0.4 is 11.1 Å². The van der Waals surface area contributed by atoms with E-state index in [1.54, 1.807) is 7.05 Å². The molecule has 0 spiro atoms. The number of imide groups is 1. The van der Waals surface area contributed by atoms with E-state index in [1.807, 2.05) is 10.2 Å². The van der Waals surface area contributed by atoms with Crippen molar-refractivity contribution in [2.24, 2.45) is 5.73 Å². The highest BCUT2D eigenvalue weighted by atomic mass is 16.2. The first kappa shape index (κ1) is 12.6. The molecule has 90 valence electrons. The molecule has 6 heteroatoms. The molecule has 0 aliphatic heterocycles. The minimum Gasteiger partial charge on any atom is -0.351 e. The summed E-state index contributed by atoms with van der Waals surface area (Å²) in [6, 6.07) is -0.603. The van der Waals surface area contributed by atoms with Gasteiger partial charge in [0.15, 0.2) is 0 Å². The molecule has 16 heavy (non-hydrogen) atoms. The van der Waals surface area contributed by atoms with Crippen molar-refractivity contribution in [1.29, 1.82) is 0 Å². The van der Waals surface area contributed by atoms with Crippen molar-refractivity contribution >= 4 is 17.7 Å². The number of rotatable bonds is 3. The average molecular weight is 227 g/mol. The number of urea groups is 1. The Morgan fingerprint density at radius 1 is 1.44 bits per heavy atom. The van der Waals surface area contributed by atoms with Gasteiger partial charge in [0.1, 0.15) is 5.78 Å². The maximum absolute atomic E-state index is 11.3. The van der Waals surface area contributed by atoms with Crippen molar-refractivity contribution in [3.05, 3.63) is 0 Å². The zero-order valence-electron chi connectivity index (χ0n) is 9.36. The lowest BCUT2D eigenvalue weighted by atomic mass is 9.93. The van der Waals surface area contributed by atoms with E-state index < -0.39 is 11.9 Å². The quantitative estimate of drug-likeness (QED) is 0.687. The fraction of sp³-hybridized carbons (Fsp3) is 0.700. The standard InChI is InChI=1S/C10H17N3O3/c1-13(6-9(15)12-10(11)16)7-2-4-8(14)5-3-7/h7H,2-6H2,1H3,(H3,11,12,15,16). The van der Waals surface area contributed by atoms with E-state index in [-0.39, 0.29) is 18.4 Å². The molecule has 0 unspecified atom stereocenters. The van der Waals surface area contributed by atoms with Crippen LogP contribution in [0.1, 0.15) is 25.7 Å². The highest BCUT2D eigenvalue weighted by Crippen LogP contribution is 2.18. The summed E-state index contributed by atoms with van der Waals surface area (Å²) in [6.07, 6.45) is 2.71. The third-order valence-corrected chi connectivity index (χ3v) is 2.79. The second kappa shape index (κ2) is 5.60. The number of carbonyl (C=O) groups is 3. The second-order valence-corrected chi connectivity index (χ2v) is 4.10. The van der Waals surface area contributed by atoms with Crippen molar-refractivity contribution in [3.63, 3.8) is 0 Å². The number of primary amides is 1. The number of carbonyl (C=O) groups excluding carboxylic acids is 3. The molecule has 0 aromatic carbocycles. The van der Waals surface area contributed by atoms with Gasteiger partial charge in [-0.2, -0.15) is 0 Å². The van der Waals surface area contributed by atoms with Crippen LogP contribution in [0.2, 0.25) is 0 Å². The Bertz CT molecular complexity index is 294. The molecule has 0 aromatic rings. The van der Waals surface area contributed by atoms with Crippen LogP contribution in [0.5, 0.6) is 0 Å².